The van der Waals surface area contributed by atoms with Gasteiger partial charge in [-0.2, -0.15) is 11.8 Å². The average molecular weight is 256 g/mol. The molecule has 5 nitrogen and oxygen atoms in total. The van der Waals surface area contributed by atoms with Crippen molar-refractivity contribution in [3.05, 3.63) is 24.2 Å². The minimum Gasteiger partial charge on any atom is -0.459 e. The van der Waals surface area contributed by atoms with Gasteiger partial charge in [-0.3, -0.25) is 9.59 Å². The number of carbonyl (C=O) groups excluding carboxylic acids is 2. The van der Waals surface area contributed by atoms with E-state index >= 15 is 0 Å². The molecule has 0 bridgehead atoms. The zero-order valence-electron chi connectivity index (χ0n) is 9.86. The van der Waals surface area contributed by atoms with Crippen LogP contribution in [0.2, 0.25) is 0 Å². The lowest BCUT2D eigenvalue weighted by molar-refractivity contribution is -0.122. The summed E-state index contributed by atoms with van der Waals surface area (Å²) >= 11 is 1.63. The van der Waals surface area contributed by atoms with Crippen LogP contribution < -0.4 is 10.6 Å². The molecule has 2 N–H and O–H groups in total. The lowest BCUT2D eigenvalue weighted by Gasteiger charge is -2.15. The van der Waals surface area contributed by atoms with Gasteiger partial charge in [0.15, 0.2) is 5.76 Å². The molecule has 1 aromatic rings. The van der Waals surface area contributed by atoms with Gasteiger partial charge in [0.25, 0.3) is 5.91 Å². The van der Waals surface area contributed by atoms with Crippen molar-refractivity contribution >= 4 is 23.6 Å². The molecule has 0 aliphatic heterocycles. The summed E-state index contributed by atoms with van der Waals surface area (Å²) in [6, 6.07) is 2.67. The van der Waals surface area contributed by atoms with Crippen molar-refractivity contribution in [1.29, 1.82) is 0 Å². The van der Waals surface area contributed by atoms with Crippen molar-refractivity contribution in [2.24, 2.45) is 0 Å². The minimum atomic E-state index is -0.523. The van der Waals surface area contributed by atoms with Crippen molar-refractivity contribution in [2.75, 3.05) is 19.1 Å². The van der Waals surface area contributed by atoms with Gasteiger partial charge in [-0.1, -0.05) is 0 Å². The summed E-state index contributed by atoms with van der Waals surface area (Å²) in [5, 5.41) is 5.18. The van der Waals surface area contributed by atoms with Gasteiger partial charge >= 0.3 is 0 Å². The standard InChI is InChI=1S/C11H16N2O3S/c1-12-10(14)8(5-7-17-2)13-11(15)9-4-3-6-16-9/h3-4,6,8H,5,7H2,1-2H3,(H,12,14)(H,13,15)/t8-/m1/s1. The van der Waals surface area contributed by atoms with Crippen molar-refractivity contribution < 1.29 is 14.0 Å². The SMILES string of the molecule is CNC(=O)[C@@H](CCSC)NC(=O)c1ccco1. The Bertz CT molecular complexity index is 365. The highest BCUT2D eigenvalue weighted by molar-refractivity contribution is 7.98. The van der Waals surface area contributed by atoms with Crippen LogP contribution in [0.25, 0.3) is 0 Å². The highest BCUT2D eigenvalue weighted by Gasteiger charge is 2.20. The molecule has 0 saturated carbocycles. The number of furan rings is 1. The third-order valence-electron chi connectivity index (χ3n) is 2.22. The number of carbonyl (C=O) groups is 2. The van der Waals surface area contributed by atoms with Crippen LogP contribution in [0.1, 0.15) is 17.0 Å². The van der Waals surface area contributed by atoms with E-state index in [9.17, 15) is 9.59 Å². The molecule has 0 unspecified atom stereocenters. The number of hydrogen-bond donors (Lipinski definition) is 2. The Hall–Kier alpha value is -1.43. The molecule has 0 fully saturated rings. The molecule has 2 amide bonds. The molecular formula is C11H16N2O3S. The molecule has 1 rings (SSSR count). The summed E-state index contributed by atoms with van der Waals surface area (Å²) < 4.78 is 4.97. The summed E-state index contributed by atoms with van der Waals surface area (Å²) in [4.78, 5) is 23.3. The predicted molar refractivity (Wildman–Crippen MR) is 67.0 cm³/mol. The second-order valence-electron chi connectivity index (χ2n) is 3.40. The van der Waals surface area contributed by atoms with Crippen molar-refractivity contribution in [3.63, 3.8) is 0 Å². The van der Waals surface area contributed by atoms with Crippen LogP contribution in [0.15, 0.2) is 22.8 Å². The second-order valence-corrected chi connectivity index (χ2v) is 4.38. The molecule has 94 valence electrons. The average Bonchev–Trinajstić information content (AvgIpc) is 2.87. The van der Waals surface area contributed by atoms with Gasteiger partial charge in [0, 0.05) is 7.05 Å². The lowest BCUT2D eigenvalue weighted by Crippen LogP contribution is -2.45. The maximum atomic E-state index is 11.7. The van der Waals surface area contributed by atoms with Gasteiger partial charge in [0.05, 0.1) is 6.26 Å². The van der Waals surface area contributed by atoms with Crippen LogP contribution in [0.3, 0.4) is 0 Å². The molecule has 1 atom stereocenters. The third-order valence-corrected chi connectivity index (χ3v) is 2.87. The topological polar surface area (TPSA) is 71.3 Å². The Balaban J connectivity index is 2.59. The van der Waals surface area contributed by atoms with E-state index < -0.39 is 6.04 Å². The number of thioether (sulfide) groups is 1. The van der Waals surface area contributed by atoms with Crippen LogP contribution >= 0.6 is 11.8 Å². The smallest absolute Gasteiger partial charge is 0.287 e. The van der Waals surface area contributed by atoms with Crippen LogP contribution in [0.5, 0.6) is 0 Å². The maximum Gasteiger partial charge on any atom is 0.287 e. The van der Waals surface area contributed by atoms with E-state index in [4.69, 9.17) is 4.42 Å². The fourth-order valence-electron chi connectivity index (χ4n) is 1.32. The molecule has 6 heteroatoms. The highest BCUT2D eigenvalue weighted by atomic mass is 32.2. The largest absolute Gasteiger partial charge is 0.459 e. The highest BCUT2D eigenvalue weighted by Crippen LogP contribution is 2.04. The predicted octanol–water partition coefficient (Wildman–Crippen LogP) is 0.877. The molecule has 0 spiro atoms. The fraction of sp³-hybridized carbons (Fsp3) is 0.455. The third kappa shape index (κ3) is 4.14. The molecule has 1 heterocycles. The van der Waals surface area contributed by atoms with E-state index in [1.54, 1.807) is 30.9 Å². The van der Waals surface area contributed by atoms with E-state index in [-0.39, 0.29) is 17.6 Å². The Kier molecular flexibility index (Phi) is 5.62. The van der Waals surface area contributed by atoms with E-state index in [1.807, 2.05) is 6.26 Å². The summed E-state index contributed by atoms with van der Waals surface area (Å²) in [6.07, 6.45) is 3.97. The van der Waals surface area contributed by atoms with Crippen LogP contribution in [-0.4, -0.2) is 36.9 Å². The number of nitrogens with one attached hydrogen (secondary N) is 2. The Morgan fingerprint density at radius 1 is 1.53 bits per heavy atom. The maximum absolute atomic E-state index is 11.7. The van der Waals surface area contributed by atoms with Crippen LogP contribution in [0, 0.1) is 0 Å². The Labute approximate surface area is 104 Å². The van der Waals surface area contributed by atoms with Crippen LogP contribution in [-0.2, 0) is 4.79 Å². The first kappa shape index (κ1) is 13.6. The van der Waals surface area contributed by atoms with Crippen molar-refractivity contribution in [3.8, 4) is 0 Å². The molecule has 17 heavy (non-hydrogen) atoms. The van der Waals surface area contributed by atoms with Gasteiger partial charge in [-0.05, 0) is 30.6 Å². The quantitative estimate of drug-likeness (QED) is 0.792. The van der Waals surface area contributed by atoms with Gasteiger partial charge in [-0.15, -0.1) is 0 Å². The first-order valence-corrected chi connectivity index (χ1v) is 6.63. The number of amides is 2. The lowest BCUT2D eigenvalue weighted by atomic mass is 10.2. The summed E-state index contributed by atoms with van der Waals surface area (Å²) in [5.74, 6) is 0.447. The molecule has 0 saturated heterocycles. The first-order chi connectivity index (χ1) is 8.19. The van der Waals surface area contributed by atoms with E-state index in [0.29, 0.717) is 6.42 Å². The normalized spacial score (nSPS) is 11.9. The molecule has 0 aliphatic carbocycles. The number of rotatable bonds is 6. The van der Waals surface area contributed by atoms with Crippen LogP contribution in [0.4, 0.5) is 0 Å². The number of hydrogen-bond acceptors (Lipinski definition) is 4. The zero-order valence-corrected chi connectivity index (χ0v) is 10.7. The van der Waals surface area contributed by atoms with E-state index in [2.05, 4.69) is 10.6 Å². The summed E-state index contributed by atoms with van der Waals surface area (Å²) in [5.41, 5.74) is 0. The molecular weight excluding hydrogens is 240 g/mol. The summed E-state index contributed by atoms with van der Waals surface area (Å²) in [6.45, 7) is 0. The minimum absolute atomic E-state index is 0.195. The molecule has 1 aromatic heterocycles. The van der Waals surface area contributed by atoms with Gasteiger partial charge < -0.3 is 15.1 Å². The first-order valence-electron chi connectivity index (χ1n) is 5.24. The van der Waals surface area contributed by atoms with Gasteiger partial charge in [0.1, 0.15) is 6.04 Å². The van der Waals surface area contributed by atoms with Crippen molar-refractivity contribution in [1.82, 2.24) is 10.6 Å². The van der Waals surface area contributed by atoms with Gasteiger partial charge in [-0.25, -0.2) is 0 Å². The second kappa shape index (κ2) is 7.01. The van der Waals surface area contributed by atoms with Crippen molar-refractivity contribution in [2.45, 2.75) is 12.5 Å². The fourth-order valence-corrected chi connectivity index (χ4v) is 1.79. The Morgan fingerprint density at radius 2 is 2.29 bits per heavy atom. The van der Waals surface area contributed by atoms with E-state index in [1.165, 1.54) is 6.26 Å². The molecule has 0 radical (unpaired) electrons. The molecule has 0 aliphatic rings. The van der Waals surface area contributed by atoms with Gasteiger partial charge in [0.2, 0.25) is 5.91 Å². The Morgan fingerprint density at radius 3 is 2.82 bits per heavy atom. The van der Waals surface area contributed by atoms with E-state index in [0.717, 1.165) is 5.75 Å². The summed E-state index contributed by atoms with van der Waals surface area (Å²) in [7, 11) is 1.55. The number of likely N-dealkylation sites (N-methyl/N-ethyl adjacent to an activating group) is 1. The zero-order chi connectivity index (χ0) is 12.7. The monoisotopic (exact) mass is 256 g/mol. The molecule has 0 aromatic carbocycles.